The maximum absolute atomic E-state index is 12.7. The third-order valence-corrected chi connectivity index (χ3v) is 5.24. The molecular weight excluding hydrogens is 460 g/mol. The van der Waals surface area contributed by atoms with Gasteiger partial charge in [-0.25, -0.2) is 0 Å². The molecule has 4 aromatic rings. The minimum Gasteiger partial charge on any atom is -0.369 e. The number of nitro groups is 1. The van der Waals surface area contributed by atoms with Crippen LogP contribution in [0.3, 0.4) is 0 Å². The molecule has 0 aliphatic rings. The van der Waals surface area contributed by atoms with E-state index in [4.69, 9.17) is 11.5 Å². The van der Waals surface area contributed by atoms with Gasteiger partial charge in [0, 0.05) is 46.3 Å². The fourth-order valence-electron chi connectivity index (χ4n) is 3.41. The Labute approximate surface area is 205 Å². The van der Waals surface area contributed by atoms with Gasteiger partial charge in [0.25, 0.3) is 11.6 Å². The number of hydrogen-bond acceptors (Lipinski definition) is 7. The van der Waals surface area contributed by atoms with E-state index in [0.29, 0.717) is 39.2 Å². The maximum atomic E-state index is 12.7. The molecule has 1 heterocycles. The second-order valence-corrected chi connectivity index (χ2v) is 7.76. The van der Waals surface area contributed by atoms with Gasteiger partial charge in [-0.1, -0.05) is 12.1 Å². The standard InChI is InChI=1S/C25H22N8O3/c1-15(31-32-25(26)27)16-2-6-19(7-3-16)30-24(34)17-4-8-18(9-5-17)29-23-12-13-28-22-11-10-20(33(35)36)14-21(22)23/h2-14H,1H3,(H,28,29)(H,30,34)(H4,26,27,32)/b31-15-. The van der Waals surface area contributed by atoms with Gasteiger partial charge in [-0.2, -0.15) is 5.10 Å². The number of rotatable bonds is 7. The zero-order valence-corrected chi connectivity index (χ0v) is 19.2. The van der Waals surface area contributed by atoms with E-state index in [2.05, 4.69) is 25.8 Å². The predicted octanol–water partition coefficient (Wildman–Crippen LogP) is 4.14. The molecule has 3 aromatic carbocycles. The molecule has 0 aliphatic carbocycles. The molecule has 0 saturated heterocycles. The van der Waals surface area contributed by atoms with Gasteiger partial charge in [-0.05, 0) is 61.0 Å². The number of amides is 1. The highest BCUT2D eigenvalue weighted by atomic mass is 16.6. The van der Waals surface area contributed by atoms with E-state index in [0.717, 1.165) is 5.56 Å². The van der Waals surface area contributed by atoms with Crippen LogP contribution in [0.5, 0.6) is 0 Å². The Morgan fingerprint density at radius 3 is 2.25 bits per heavy atom. The van der Waals surface area contributed by atoms with Crippen LogP contribution in [0.1, 0.15) is 22.8 Å². The number of benzene rings is 3. The van der Waals surface area contributed by atoms with Crippen molar-refractivity contribution in [1.82, 2.24) is 4.98 Å². The van der Waals surface area contributed by atoms with Gasteiger partial charge in [-0.3, -0.25) is 19.9 Å². The first-order valence-corrected chi connectivity index (χ1v) is 10.8. The Balaban J connectivity index is 1.45. The van der Waals surface area contributed by atoms with Crippen molar-refractivity contribution >= 4 is 51.2 Å². The minimum absolute atomic E-state index is 0.0187. The number of nitrogens with one attached hydrogen (secondary N) is 2. The molecule has 0 saturated carbocycles. The number of hydrogen-bond donors (Lipinski definition) is 4. The number of nitrogens with zero attached hydrogens (tertiary/aromatic N) is 4. The molecule has 4 rings (SSSR count). The van der Waals surface area contributed by atoms with Crippen LogP contribution < -0.4 is 22.1 Å². The molecule has 36 heavy (non-hydrogen) atoms. The van der Waals surface area contributed by atoms with E-state index >= 15 is 0 Å². The summed E-state index contributed by atoms with van der Waals surface area (Å²) in [6.45, 7) is 1.77. The molecule has 0 spiro atoms. The lowest BCUT2D eigenvalue weighted by Crippen LogP contribution is -2.22. The molecule has 1 amide bonds. The molecule has 0 radical (unpaired) electrons. The minimum atomic E-state index is -0.446. The van der Waals surface area contributed by atoms with Gasteiger partial charge in [0.05, 0.1) is 16.2 Å². The van der Waals surface area contributed by atoms with Crippen LogP contribution >= 0.6 is 0 Å². The van der Waals surface area contributed by atoms with Crippen molar-refractivity contribution in [2.45, 2.75) is 6.92 Å². The number of non-ortho nitro benzene ring substituents is 1. The SMILES string of the molecule is C/C(=N/N=C(N)N)c1ccc(NC(=O)c2ccc(Nc3ccnc4ccc([N+](=O)[O-])cc34)cc2)cc1. The molecule has 180 valence electrons. The number of anilines is 3. The fourth-order valence-corrected chi connectivity index (χ4v) is 3.41. The first kappa shape index (κ1) is 23.8. The summed E-state index contributed by atoms with van der Waals surface area (Å²) >= 11 is 0. The highest BCUT2D eigenvalue weighted by molar-refractivity contribution is 6.05. The van der Waals surface area contributed by atoms with Crippen molar-refractivity contribution < 1.29 is 9.72 Å². The van der Waals surface area contributed by atoms with Crippen molar-refractivity contribution in [2.24, 2.45) is 21.7 Å². The highest BCUT2D eigenvalue weighted by Crippen LogP contribution is 2.28. The maximum Gasteiger partial charge on any atom is 0.270 e. The zero-order valence-electron chi connectivity index (χ0n) is 19.2. The van der Waals surface area contributed by atoms with Crippen LogP contribution in [0.15, 0.2) is 89.2 Å². The molecule has 11 heteroatoms. The summed E-state index contributed by atoms with van der Waals surface area (Å²) in [5, 5.41) is 25.4. The second kappa shape index (κ2) is 10.3. The normalized spacial score (nSPS) is 11.1. The van der Waals surface area contributed by atoms with E-state index < -0.39 is 4.92 Å². The van der Waals surface area contributed by atoms with Gasteiger partial charge in [0.2, 0.25) is 5.96 Å². The van der Waals surface area contributed by atoms with Crippen LogP contribution in [-0.2, 0) is 0 Å². The topological polar surface area (TPSA) is 174 Å². The Bertz CT molecular complexity index is 1490. The lowest BCUT2D eigenvalue weighted by atomic mass is 10.1. The number of aromatic nitrogens is 1. The summed E-state index contributed by atoms with van der Waals surface area (Å²) < 4.78 is 0. The third kappa shape index (κ3) is 5.59. The summed E-state index contributed by atoms with van der Waals surface area (Å²) in [5.74, 6) is -0.400. The average molecular weight is 483 g/mol. The first-order valence-electron chi connectivity index (χ1n) is 10.8. The molecular formula is C25H22N8O3. The summed E-state index contributed by atoms with van der Waals surface area (Å²) in [4.78, 5) is 27.6. The van der Waals surface area contributed by atoms with E-state index in [-0.39, 0.29) is 17.6 Å². The Morgan fingerprint density at radius 1 is 0.917 bits per heavy atom. The van der Waals surface area contributed by atoms with Crippen molar-refractivity contribution in [3.05, 3.63) is 100 Å². The van der Waals surface area contributed by atoms with Crippen molar-refractivity contribution in [3.63, 3.8) is 0 Å². The number of pyridine rings is 1. The lowest BCUT2D eigenvalue weighted by molar-refractivity contribution is -0.384. The molecule has 0 unspecified atom stereocenters. The Kier molecular flexibility index (Phi) is 6.82. The molecule has 0 aliphatic heterocycles. The summed E-state index contributed by atoms with van der Waals surface area (Å²) in [6.07, 6.45) is 1.62. The first-order chi connectivity index (χ1) is 17.3. The molecule has 0 bridgehead atoms. The third-order valence-electron chi connectivity index (χ3n) is 5.24. The average Bonchev–Trinajstić information content (AvgIpc) is 2.88. The molecule has 0 atom stereocenters. The predicted molar refractivity (Wildman–Crippen MR) is 141 cm³/mol. The van der Waals surface area contributed by atoms with E-state index in [1.807, 2.05) is 0 Å². The van der Waals surface area contributed by atoms with E-state index in [9.17, 15) is 14.9 Å². The molecule has 6 N–H and O–H groups in total. The number of fused-ring (bicyclic) bond motifs is 1. The van der Waals surface area contributed by atoms with Crippen LogP contribution in [-0.4, -0.2) is 27.5 Å². The number of guanidine groups is 1. The second-order valence-electron chi connectivity index (χ2n) is 7.76. The van der Waals surface area contributed by atoms with E-state index in [1.165, 1.54) is 12.1 Å². The van der Waals surface area contributed by atoms with Crippen molar-refractivity contribution in [3.8, 4) is 0 Å². The number of nitro benzene ring substituents is 1. The van der Waals surface area contributed by atoms with Gasteiger partial charge in [-0.15, -0.1) is 5.10 Å². The largest absolute Gasteiger partial charge is 0.369 e. The number of carbonyl (C=O) groups excluding carboxylic acids is 1. The smallest absolute Gasteiger partial charge is 0.270 e. The van der Waals surface area contributed by atoms with Gasteiger partial charge in [0.15, 0.2) is 0 Å². The molecule has 11 nitrogen and oxygen atoms in total. The zero-order chi connectivity index (χ0) is 25.7. The summed E-state index contributed by atoms with van der Waals surface area (Å²) in [6, 6.07) is 20.2. The van der Waals surface area contributed by atoms with Crippen molar-refractivity contribution in [1.29, 1.82) is 0 Å². The fraction of sp³-hybridized carbons (Fsp3) is 0.0400. The van der Waals surface area contributed by atoms with Crippen LogP contribution in [0.25, 0.3) is 10.9 Å². The van der Waals surface area contributed by atoms with Gasteiger partial charge < -0.3 is 22.1 Å². The van der Waals surface area contributed by atoms with E-state index in [1.54, 1.807) is 73.8 Å². The van der Waals surface area contributed by atoms with Crippen molar-refractivity contribution in [2.75, 3.05) is 10.6 Å². The highest BCUT2D eigenvalue weighted by Gasteiger charge is 2.11. The number of nitrogens with two attached hydrogens (primary N) is 2. The monoisotopic (exact) mass is 482 g/mol. The van der Waals surface area contributed by atoms with Crippen LogP contribution in [0, 0.1) is 10.1 Å². The lowest BCUT2D eigenvalue weighted by Gasteiger charge is -2.11. The summed E-state index contributed by atoms with van der Waals surface area (Å²) in [5.41, 5.74) is 15.1. The number of carbonyl (C=O) groups is 1. The van der Waals surface area contributed by atoms with Crippen LogP contribution in [0.2, 0.25) is 0 Å². The molecule has 1 aromatic heterocycles. The van der Waals surface area contributed by atoms with Gasteiger partial charge >= 0.3 is 0 Å². The molecule has 0 fully saturated rings. The Hall–Kier alpha value is -5.32. The quantitative estimate of drug-likeness (QED) is 0.132. The van der Waals surface area contributed by atoms with Gasteiger partial charge in [0.1, 0.15) is 0 Å². The Morgan fingerprint density at radius 2 is 1.58 bits per heavy atom. The summed E-state index contributed by atoms with van der Waals surface area (Å²) in [7, 11) is 0. The van der Waals surface area contributed by atoms with Crippen LogP contribution in [0.4, 0.5) is 22.7 Å².